The van der Waals surface area contributed by atoms with Gasteiger partial charge >= 0.3 is 0 Å². The summed E-state index contributed by atoms with van der Waals surface area (Å²) in [5, 5.41) is 0. The second-order valence-corrected chi connectivity index (χ2v) is 5.10. The minimum Gasteiger partial charge on any atom is -0.494 e. The molecule has 2 unspecified atom stereocenters. The van der Waals surface area contributed by atoms with Gasteiger partial charge in [0.2, 0.25) is 5.91 Å². The average Bonchev–Trinajstić information content (AvgIpc) is 2.64. The molecule has 2 N–H and O–H groups in total. The van der Waals surface area contributed by atoms with Crippen molar-refractivity contribution in [2.75, 3.05) is 7.11 Å². The second kappa shape index (κ2) is 5.17. The minimum absolute atomic E-state index is 0.0173. The lowest BCUT2D eigenvalue weighted by Crippen LogP contribution is -2.37. The molecule has 1 aliphatic rings. The number of amides is 1. The Kier molecular flexibility index (Phi) is 3.75. The number of benzene rings is 1. The van der Waals surface area contributed by atoms with Crippen molar-refractivity contribution >= 4 is 5.91 Å². The molecule has 104 valence electrons. The van der Waals surface area contributed by atoms with Crippen LogP contribution in [0.1, 0.15) is 31.9 Å². The Morgan fingerprint density at radius 2 is 2.16 bits per heavy atom. The van der Waals surface area contributed by atoms with Crippen LogP contribution < -0.4 is 10.5 Å². The molecule has 0 aromatic heterocycles. The number of carbonyl (C=O) groups excluding carboxylic acids is 1. The van der Waals surface area contributed by atoms with Gasteiger partial charge in [0.15, 0.2) is 11.6 Å². The summed E-state index contributed by atoms with van der Waals surface area (Å²) in [7, 11) is 1.42. The average molecular weight is 266 g/mol. The number of ether oxygens (including phenoxy) is 1. The zero-order valence-electron chi connectivity index (χ0n) is 11.4. The van der Waals surface area contributed by atoms with E-state index < -0.39 is 5.82 Å². The molecule has 0 aliphatic carbocycles. The van der Waals surface area contributed by atoms with Gasteiger partial charge in [-0.25, -0.2) is 4.39 Å². The van der Waals surface area contributed by atoms with Gasteiger partial charge in [-0.3, -0.25) is 4.79 Å². The Hall–Kier alpha value is -1.62. The molecule has 1 heterocycles. The highest BCUT2D eigenvalue weighted by molar-refractivity contribution is 5.80. The van der Waals surface area contributed by atoms with Crippen molar-refractivity contribution in [3.63, 3.8) is 0 Å². The molecule has 1 aromatic rings. The van der Waals surface area contributed by atoms with E-state index in [1.165, 1.54) is 13.2 Å². The van der Waals surface area contributed by atoms with Crippen LogP contribution in [-0.2, 0) is 4.79 Å². The highest BCUT2D eigenvalue weighted by atomic mass is 19.1. The molecule has 1 fully saturated rings. The third kappa shape index (κ3) is 2.42. The van der Waals surface area contributed by atoms with Crippen LogP contribution in [0.5, 0.6) is 5.75 Å². The zero-order valence-corrected chi connectivity index (χ0v) is 11.4. The number of nitrogens with zero attached hydrogens (tertiary/aromatic N) is 1. The van der Waals surface area contributed by atoms with Gasteiger partial charge in [-0.15, -0.1) is 0 Å². The summed E-state index contributed by atoms with van der Waals surface area (Å²) in [6.45, 7) is 3.87. The number of halogens is 1. The molecular weight excluding hydrogens is 247 g/mol. The maximum absolute atomic E-state index is 13.8. The van der Waals surface area contributed by atoms with Crippen LogP contribution in [0.25, 0.3) is 0 Å². The monoisotopic (exact) mass is 266 g/mol. The van der Waals surface area contributed by atoms with Gasteiger partial charge < -0.3 is 15.4 Å². The van der Waals surface area contributed by atoms with Crippen LogP contribution in [0.2, 0.25) is 0 Å². The van der Waals surface area contributed by atoms with Gasteiger partial charge in [0, 0.05) is 18.5 Å². The van der Waals surface area contributed by atoms with Crippen molar-refractivity contribution in [1.82, 2.24) is 4.90 Å². The fourth-order valence-corrected chi connectivity index (χ4v) is 2.66. The lowest BCUT2D eigenvalue weighted by atomic mass is 10.00. The summed E-state index contributed by atoms with van der Waals surface area (Å²) in [4.78, 5) is 13.7. The highest BCUT2D eigenvalue weighted by Crippen LogP contribution is 2.35. The van der Waals surface area contributed by atoms with Crippen LogP contribution in [0.4, 0.5) is 4.39 Å². The summed E-state index contributed by atoms with van der Waals surface area (Å²) in [5.41, 5.74) is 6.75. The fourth-order valence-electron chi connectivity index (χ4n) is 2.66. The maximum Gasteiger partial charge on any atom is 0.225 e. The normalized spacial score (nSPS) is 23.3. The number of hydrogen-bond acceptors (Lipinski definition) is 3. The molecule has 19 heavy (non-hydrogen) atoms. The van der Waals surface area contributed by atoms with Gasteiger partial charge in [0.25, 0.3) is 0 Å². The summed E-state index contributed by atoms with van der Waals surface area (Å²) in [6, 6.07) is 4.20. The maximum atomic E-state index is 13.8. The van der Waals surface area contributed by atoms with E-state index in [1.54, 1.807) is 17.0 Å². The number of methoxy groups -OCH3 is 1. The minimum atomic E-state index is -0.435. The summed E-state index contributed by atoms with van der Waals surface area (Å²) in [5.74, 6) is -0.225. The first-order chi connectivity index (χ1) is 8.95. The van der Waals surface area contributed by atoms with Gasteiger partial charge in [0.1, 0.15) is 0 Å². The SMILES string of the molecule is COc1ccc(C2C(N)CC(=O)N2C(C)C)cc1F. The Balaban J connectivity index is 2.38. The largest absolute Gasteiger partial charge is 0.494 e. The van der Waals surface area contributed by atoms with Crippen molar-refractivity contribution in [3.8, 4) is 5.75 Å². The number of hydrogen-bond donors (Lipinski definition) is 1. The van der Waals surface area contributed by atoms with Crippen molar-refractivity contribution in [1.29, 1.82) is 0 Å². The van der Waals surface area contributed by atoms with E-state index in [1.807, 2.05) is 13.8 Å². The van der Waals surface area contributed by atoms with Crippen LogP contribution in [0.3, 0.4) is 0 Å². The lowest BCUT2D eigenvalue weighted by Gasteiger charge is -2.30. The fraction of sp³-hybridized carbons (Fsp3) is 0.500. The van der Waals surface area contributed by atoms with E-state index in [-0.39, 0.29) is 29.8 Å². The van der Waals surface area contributed by atoms with E-state index in [2.05, 4.69) is 0 Å². The van der Waals surface area contributed by atoms with E-state index in [0.29, 0.717) is 12.0 Å². The Morgan fingerprint density at radius 1 is 1.47 bits per heavy atom. The standard InChI is InChI=1S/C14H19FN2O2/c1-8(2)17-13(18)7-11(16)14(17)9-4-5-12(19-3)10(15)6-9/h4-6,8,11,14H,7,16H2,1-3H3. The first kappa shape index (κ1) is 13.8. The molecular formula is C14H19FN2O2. The van der Waals surface area contributed by atoms with Crippen molar-refractivity contribution in [2.45, 2.75) is 38.4 Å². The molecule has 5 heteroatoms. The molecule has 0 bridgehead atoms. The van der Waals surface area contributed by atoms with Gasteiger partial charge in [-0.05, 0) is 31.5 Å². The Labute approximate surface area is 112 Å². The van der Waals surface area contributed by atoms with Crippen LogP contribution in [0, 0.1) is 5.82 Å². The van der Waals surface area contributed by atoms with E-state index in [9.17, 15) is 9.18 Å². The first-order valence-corrected chi connectivity index (χ1v) is 6.36. The zero-order chi connectivity index (χ0) is 14.2. The Bertz CT molecular complexity index is 490. The van der Waals surface area contributed by atoms with E-state index >= 15 is 0 Å². The predicted octanol–water partition coefficient (Wildman–Crippen LogP) is 1.84. The molecule has 2 rings (SSSR count). The van der Waals surface area contributed by atoms with Gasteiger partial charge in [-0.2, -0.15) is 0 Å². The molecule has 0 saturated carbocycles. The summed E-state index contributed by atoms with van der Waals surface area (Å²) in [6.07, 6.45) is 0.302. The predicted molar refractivity (Wildman–Crippen MR) is 70.3 cm³/mol. The number of nitrogens with two attached hydrogens (primary N) is 1. The van der Waals surface area contributed by atoms with Crippen molar-refractivity contribution in [2.24, 2.45) is 5.73 Å². The van der Waals surface area contributed by atoms with Gasteiger partial charge in [-0.1, -0.05) is 6.07 Å². The lowest BCUT2D eigenvalue weighted by molar-refractivity contribution is -0.130. The molecule has 0 spiro atoms. The summed E-state index contributed by atoms with van der Waals surface area (Å²) < 4.78 is 18.7. The third-order valence-corrected chi connectivity index (χ3v) is 3.48. The Morgan fingerprint density at radius 3 is 2.68 bits per heavy atom. The van der Waals surface area contributed by atoms with Gasteiger partial charge in [0.05, 0.1) is 13.2 Å². The highest BCUT2D eigenvalue weighted by Gasteiger charge is 2.40. The summed E-state index contributed by atoms with van der Waals surface area (Å²) >= 11 is 0. The molecule has 1 amide bonds. The molecule has 1 aliphatic heterocycles. The molecule has 1 saturated heterocycles. The first-order valence-electron chi connectivity index (χ1n) is 6.36. The topological polar surface area (TPSA) is 55.6 Å². The molecule has 2 atom stereocenters. The van der Waals surface area contributed by atoms with Crippen LogP contribution in [0.15, 0.2) is 18.2 Å². The van der Waals surface area contributed by atoms with Crippen LogP contribution >= 0.6 is 0 Å². The quantitative estimate of drug-likeness (QED) is 0.908. The molecule has 1 aromatic carbocycles. The van der Waals surface area contributed by atoms with Crippen molar-refractivity contribution in [3.05, 3.63) is 29.6 Å². The van der Waals surface area contributed by atoms with Crippen molar-refractivity contribution < 1.29 is 13.9 Å². The van der Waals surface area contributed by atoms with E-state index in [0.717, 1.165) is 0 Å². The smallest absolute Gasteiger partial charge is 0.225 e. The van der Waals surface area contributed by atoms with E-state index in [4.69, 9.17) is 10.5 Å². The number of rotatable bonds is 3. The second-order valence-electron chi connectivity index (χ2n) is 5.10. The number of carbonyl (C=O) groups is 1. The van der Waals surface area contributed by atoms with Crippen LogP contribution in [-0.4, -0.2) is 30.0 Å². The third-order valence-electron chi connectivity index (χ3n) is 3.48. The molecule has 4 nitrogen and oxygen atoms in total. The molecule has 0 radical (unpaired) electrons. The number of likely N-dealkylation sites (tertiary alicyclic amines) is 1.